The monoisotopic (exact) mass is 298 g/mol. The van der Waals surface area contributed by atoms with Crippen molar-refractivity contribution in [3.05, 3.63) is 21.6 Å². The van der Waals surface area contributed by atoms with Crippen LogP contribution in [0.3, 0.4) is 0 Å². The third-order valence-corrected chi connectivity index (χ3v) is 4.10. The standard InChI is InChI=1S/C13H19ClN4O2/c1-2-10(9-6-4-3-5-7-9)16-12-11(18(19)20)8-15-13(14)17-12/h8-10H,2-7H2,1H3,(H,15,16,17). The second kappa shape index (κ2) is 6.83. The highest BCUT2D eigenvalue weighted by molar-refractivity contribution is 6.28. The van der Waals surface area contributed by atoms with E-state index in [1.807, 2.05) is 0 Å². The second-order valence-electron chi connectivity index (χ2n) is 5.19. The maximum absolute atomic E-state index is 11.0. The number of hydrogen-bond donors (Lipinski definition) is 1. The summed E-state index contributed by atoms with van der Waals surface area (Å²) < 4.78 is 0. The highest BCUT2D eigenvalue weighted by atomic mass is 35.5. The molecule has 2 rings (SSSR count). The zero-order valence-electron chi connectivity index (χ0n) is 11.5. The summed E-state index contributed by atoms with van der Waals surface area (Å²) in [6.07, 6.45) is 8.14. The Morgan fingerprint density at radius 3 is 2.80 bits per heavy atom. The van der Waals surface area contributed by atoms with Gasteiger partial charge >= 0.3 is 5.69 Å². The van der Waals surface area contributed by atoms with Crippen LogP contribution in [0.15, 0.2) is 6.20 Å². The van der Waals surface area contributed by atoms with Gasteiger partial charge in [0.25, 0.3) is 0 Å². The lowest BCUT2D eigenvalue weighted by molar-refractivity contribution is -0.384. The predicted molar refractivity (Wildman–Crippen MR) is 78.0 cm³/mol. The second-order valence-corrected chi connectivity index (χ2v) is 5.53. The van der Waals surface area contributed by atoms with E-state index in [1.165, 1.54) is 19.3 Å². The molecule has 1 atom stereocenters. The maximum atomic E-state index is 11.0. The molecule has 1 aromatic heterocycles. The minimum atomic E-state index is -0.480. The van der Waals surface area contributed by atoms with Crippen molar-refractivity contribution in [2.24, 2.45) is 5.92 Å². The van der Waals surface area contributed by atoms with Gasteiger partial charge in [-0.2, -0.15) is 4.98 Å². The van der Waals surface area contributed by atoms with Crippen LogP contribution in [0.1, 0.15) is 45.4 Å². The molecule has 0 spiro atoms. The average molecular weight is 299 g/mol. The van der Waals surface area contributed by atoms with Gasteiger partial charge < -0.3 is 5.32 Å². The lowest BCUT2D eigenvalue weighted by Crippen LogP contribution is -2.30. The highest BCUT2D eigenvalue weighted by Crippen LogP contribution is 2.31. The fourth-order valence-electron chi connectivity index (χ4n) is 2.86. The van der Waals surface area contributed by atoms with Gasteiger partial charge in [-0.1, -0.05) is 26.2 Å². The molecule has 0 aliphatic heterocycles. The number of anilines is 1. The molecule has 0 aromatic carbocycles. The Hall–Kier alpha value is -1.43. The van der Waals surface area contributed by atoms with Crippen molar-refractivity contribution in [2.45, 2.75) is 51.5 Å². The molecule has 1 aliphatic rings. The number of aromatic nitrogens is 2. The summed E-state index contributed by atoms with van der Waals surface area (Å²) in [6, 6.07) is 0.194. The molecule has 1 N–H and O–H groups in total. The summed E-state index contributed by atoms with van der Waals surface area (Å²) in [5, 5.41) is 14.3. The van der Waals surface area contributed by atoms with Crippen molar-refractivity contribution in [3.63, 3.8) is 0 Å². The van der Waals surface area contributed by atoms with Crippen LogP contribution >= 0.6 is 11.6 Å². The number of halogens is 1. The summed E-state index contributed by atoms with van der Waals surface area (Å²) in [5.74, 6) is 0.773. The minimum Gasteiger partial charge on any atom is -0.361 e. The molecule has 1 saturated carbocycles. The zero-order valence-corrected chi connectivity index (χ0v) is 12.3. The van der Waals surface area contributed by atoms with E-state index in [0.717, 1.165) is 25.5 Å². The van der Waals surface area contributed by atoms with Gasteiger partial charge in [0.15, 0.2) is 0 Å². The molecular weight excluding hydrogens is 280 g/mol. The van der Waals surface area contributed by atoms with Crippen molar-refractivity contribution in [2.75, 3.05) is 5.32 Å². The summed E-state index contributed by atoms with van der Waals surface area (Å²) in [7, 11) is 0. The summed E-state index contributed by atoms with van der Waals surface area (Å²) >= 11 is 5.75. The number of nitro groups is 1. The van der Waals surface area contributed by atoms with Crippen LogP contribution in [-0.4, -0.2) is 20.9 Å². The van der Waals surface area contributed by atoms with Crippen LogP contribution in [-0.2, 0) is 0 Å². The van der Waals surface area contributed by atoms with E-state index in [-0.39, 0.29) is 22.8 Å². The number of rotatable bonds is 5. The van der Waals surface area contributed by atoms with E-state index >= 15 is 0 Å². The van der Waals surface area contributed by atoms with Gasteiger partial charge in [0, 0.05) is 6.04 Å². The number of hydrogen-bond acceptors (Lipinski definition) is 5. The Kier molecular flexibility index (Phi) is 5.11. The minimum absolute atomic E-state index is 0.0246. The maximum Gasteiger partial charge on any atom is 0.329 e. The SMILES string of the molecule is CCC(Nc1nc(Cl)ncc1[N+](=O)[O-])C1CCCCC1. The Morgan fingerprint density at radius 1 is 1.50 bits per heavy atom. The lowest BCUT2D eigenvalue weighted by Gasteiger charge is -2.30. The topological polar surface area (TPSA) is 81.0 Å². The van der Waals surface area contributed by atoms with Gasteiger partial charge in [0.05, 0.1) is 4.92 Å². The number of nitrogens with zero attached hydrogens (tertiary/aromatic N) is 3. The van der Waals surface area contributed by atoms with Crippen LogP contribution < -0.4 is 5.32 Å². The van der Waals surface area contributed by atoms with Crippen LogP contribution in [0.4, 0.5) is 11.5 Å². The first-order chi connectivity index (χ1) is 9.61. The fraction of sp³-hybridized carbons (Fsp3) is 0.692. The lowest BCUT2D eigenvalue weighted by atomic mass is 9.83. The van der Waals surface area contributed by atoms with Crippen LogP contribution in [0.25, 0.3) is 0 Å². The molecule has 0 saturated heterocycles. The predicted octanol–water partition coefficient (Wildman–Crippen LogP) is 3.81. The van der Waals surface area contributed by atoms with E-state index in [1.54, 1.807) is 0 Å². The molecule has 1 heterocycles. The average Bonchev–Trinajstić information content (AvgIpc) is 2.45. The Labute approximate surface area is 123 Å². The molecule has 1 aliphatic carbocycles. The molecule has 1 unspecified atom stereocenters. The van der Waals surface area contributed by atoms with Crippen LogP contribution in [0.2, 0.25) is 5.28 Å². The van der Waals surface area contributed by atoms with Gasteiger partial charge in [-0.15, -0.1) is 0 Å². The molecule has 0 bridgehead atoms. The largest absolute Gasteiger partial charge is 0.361 e. The molecule has 7 heteroatoms. The molecule has 110 valence electrons. The van der Waals surface area contributed by atoms with Gasteiger partial charge in [0.1, 0.15) is 6.20 Å². The highest BCUT2D eigenvalue weighted by Gasteiger charge is 2.26. The quantitative estimate of drug-likeness (QED) is 0.508. The molecular formula is C13H19ClN4O2. The zero-order chi connectivity index (χ0) is 14.5. The first-order valence-electron chi connectivity index (χ1n) is 7.05. The van der Waals surface area contributed by atoms with Gasteiger partial charge in [0.2, 0.25) is 11.1 Å². The molecule has 1 fully saturated rings. The van der Waals surface area contributed by atoms with Crippen LogP contribution in [0, 0.1) is 16.0 Å². The van der Waals surface area contributed by atoms with Crippen molar-refractivity contribution in [1.82, 2.24) is 9.97 Å². The number of nitrogens with one attached hydrogen (secondary N) is 1. The summed E-state index contributed by atoms with van der Waals surface area (Å²) in [5.41, 5.74) is -0.122. The normalized spacial score (nSPS) is 17.7. The molecule has 0 amide bonds. The fourth-order valence-corrected chi connectivity index (χ4v) is 2.99. The van der Waals surface area contributed by atoms with E-state index in [4.69, 9.17) is 11.6 Å². The van der Waals surface area contributed by atoms with Crippen LogP contribution in [0.5, 0.6) is 0 Å². The van der Waals surface area contributed by atoms with Crippen molar-refractivity contribution in [3.8, 4) is 0 Å². The molecule has 20 heavy (non-hydrogen) atoms. The molecule has 1 aromatic rings. The Balaban J connectivity index is 2.17. The molecule has 0 radical (unpaired) electrons. The summed E-state index contributed by atoms with van der Waals surface area (Å²) in [6.45, 7) is 2.08. The smallest absolute Gasteiger partial charge is 0.329 e. The van der Waals surface area contributed by atoms with Gasteiger partial charge in [-0.25, -0.2) is 4.98 Å². The van der Waals surface area contributed by atoms with Crippen molar-refractivity contribution in [1.29, 1.82) is 0 Å². The Morgan fingerprint density at radius 2 is 2.20 bits per heavy atom. The van der Waals surface area contributed by atoms with Gasteiger partial charge in [-0.05, 0) is 36.8 Å². The first kappa shape index (κ1) is 15.0. The molecule has 6 nitrogen and oxygen atoms in total. The third kappa shape index (κ3) is 3.56. The van der Waals surface area contributed by atoms with Crippen molar-refractivity contribution < 1.29 is 4.92 Å². The Bertz CT molecular complexity index is 477. The van der Waals surface area contributed by atoms with E-state index in [0.29, 0.717) is 5.92 Å². The summed E-state index contributed by atoms with van der Waals surface area (Å²) in [4.78, 5) is 18.2. The van der Waals surface area contributed by atoms with E-state index in [2.05, 4.69) is 22.2 Å². The third-order valence-electron chi connectivity index (χ3n) is 3.92. The van der Waals surface area contributed by atoms with E-state index in [9.17, 15) is 10.1 Å². The van der Waals surface area contributed by atoms with E-state index < -0.39 is 4.92 Å². The van der Waals surface area contributed by atoms with Gasteiger partial charge in [-0.3, -0.25) is 10.1 Å². The van der Waals surface area contributed by atoms with Crippen molar-refractivity contribution >= 4 is 23.1 Å². The first-order valence-corrected chi connectivity index (χ1v) is 7.43.